The molecule has 0 aromatic carbocycles. The zero-order valence-electron chi connectivity index (χ0n) is 19.5. The SMILES string of the molecule is COC(=O)c1c(C)[nH]c(C(=O)N2CCC(CC(=O)NC(c3cccs3)C(C)C)CC2)c1C. The van der Waals surface area contributed by atoms with Crippen LogP contribution in [0.5, 0.6) is 0 Å². The summed E-state index contributed by atoms with van der Waals surface area (Å²) in [5.41, 5.74) is 2.12. The highest BCUT2D eigenvalue weighted by Crippen LogP contribution is 2.28. The summed E-state index contributed by atoms with van der Waals surface area (Å²) in [6, 6.07) is 4.11. The van der Waals surface area contributed by atoms with E-state index < -0.39 is 5.97 Å². The predicted octanol–water partition coefficient (Wildman–Crippen LogP) is 4.24. The first-order valence-electron chi connectivity index (χ1n) is 11.1. The van der Waals surface area contributed by atoms with Crippen LogP contribution in [0.3, 0.4) is 0 Å². The van der Waals surface area contributed by atoms with Gasteiger partial charge < -0.3 is 19.9 Å². The van der Waals surface area contributed by atoms with E-state index in [4.69, 9.17) is 4.74 Å². The quantitative estimate of drug-likeness (QED) is 0.606. The number of carbonyl (C=O) groups excluding carboxylic acids is 3. The molecule has 2 N–H and O–H groups in total. The van der Waals surface area contributed by atoms with Gasteiger partial charge >= 0.3 is 5.97 Å². The van der Waals surface area contributed by atoms with Crippen LogP contribution in [0, 0.1) is 25.7 Å². The van der Waals surface area contributed by atoms with E-state index in [1.165, 1.54) is 12.0 Å². The molecule has 174 valence electrons. The molecule has 1 atom stereocenters. The molecule has 0 bridgehead atoms. The monoisotopic (exact) mass is 459 g/mol. The molecule has 0 radical (unpaired) electrons. The van der Waals surface area contributed by atoms with Gasteiger partial charge in [0.1, 0.15) is 5.69 Å². The van der Waals surface area contributed by atoms with Crippen LogP contribution in [0.25, 0.3) is 0 Å². The van der Waals surface area contributed by atoms with Gasteiger partial charge in [0, 0.05) is 30.1 Å². The molecule has 2 amide bonds. The Kier molecular flexibility index (Phi) is 7.77. The summed E-state index contributed by atoms with van der Waals surface area (Å²) in [6.45, 7) is 8.95. The fraction of sp³-hybridized carbons (Fsp3) is 0.542. The lowest BCUT2D eigenvalue weighted by atomic mass is 9.92. The van der Waals surface area contributed by atoms with Gasteiger partial charge in [0.25, 0.3) is 5.91 Å². The topological polar surface area (TPSA) is 91.5 Å². The molecule has 2 aromatic rings. The van der Waals surface area contributed by atoms with Crippen molar-refractivity contribution in [2.24, 2.45) is 11.8 Å². The maximum Gasteiger partial charge on any atom is 0.339 e. The van der Waals surface area contributed by atoms with E-state index in [1.54, 1.807) is 30.1 Å². The molecule has 1 unspecified atom stereocenters. The molecule has 7 nitrogen and oxygen atoms in total. The number of hydrogen-bond donors (Lipinski definition) is 2. The average molecular weight is 460 g/mol. The molecular weight excluding hydrogens is 426 g/mol. The van der Waals surface area contributed by atoms with E-state index in [9.17, 15) is 14.4 Å². The van der Waals surface area contributed by atoms with Gasteiger partial charge in [-0.25, -0.2) is 4.79 Å². The van der Waals surface area contributed by atoms with Crippen molar-refractivity contribution in [2.75, 3.05) is 20.2 Å². The molecule has 0 saturated carbocycles. The zero-order chi connectivity index (χ0) is 23.4. The largest absolute Gasteiger partial charge is 0.465 e. The molecule has 8 heteroatoms. The van der Waals surface area contributed by atoms with Crippen LogP contribution in [-0.2, 0) is 9.53 Å². The van der Waals surface area contributed by atoms with Crippen molar-refractivity contribution in [3.8, 4) is 0 Å². The summed E-state index contributed by atoms with van der Waals surface area (Å²) >= 11 is 1.66. The lowest BCUT2D eigenvalue weighted by Crippen LogP contribution is -2.40. The number of thiophene rings is 1. The van der Waals surface area contributed by atoms with Crippen molar-refractivity contribution >= 4 is 29.1 Å². The van der Waals surface area contributed by atoms with E-state index in [0.29, 0.717) is 47.9 Å². The molecule has 1 aliphatic heterocycles. The molecule has 0 aliphatic carbocycles. The number of H-pyrrole nitrogens is 1. The van der Waals surface area contributed by atoms with E-state index in [2.05, 4.69) is 30.2 Å². The van der Waals surface area contributed by atoms with Crippen molar-refractivity contribution in [3.63, 3.8) is 0 Å². The van der Waals surface area contributed by atoms with Crippen LogP contribution >= 0.6 is 11.3 Å². The number of aromatic nitrogens is 1. The summed E-state index contributed by atoms with van der Waals surface area (Å²) in [5, 5.41) is 5.23. The molecule has 3 rings (SSSR count). The third-order valence-electron chi connectivity index (χ3n) is 6.25. The van der Waals surface area contributed by atoms with Gasteiger partial charge in [-0.3, -0.25) is 9.59 Å². The smallest absolute Gasteiger partial charge is 0.339 e. The van der Waals surface area contributed by atoms with Gasteiger partial charge in [-0.15, -0.1) is 11.3 Å². The molecule has 3 heterocycles. The summed E-state index contributed by atoms with van der Waals surface area (Å²) < 4.78 is 4.83. The number of methoxy groups -OCH3 is 1. The average Bonchev–Trinajstić information content (AvgIpc) is 3.39. The number of nitrogens with zero attached hydrogens (tertiary/aromatic N) is 1. The molecule has 1 aliphatic rings. The summed E-state index contributed by atoms with van der Waals surface area (Å²) in [7, 11) is 1.33. The van der Waals surface area contributed by atoms with Crippen molar-refractivity contribution in [1.82, 2.24) is 15.2 Å². The van der Waals surface area contributed by atoms with Crippen molar-refractivity contribution < 1.29 is 19.1 Å². The Hall–Kier alpha value is -2.61. The maximum absolute atomic E-state index is 13.0. The van der Waals surface area contributed by atoms with Crippen molar-refractivity contribution in [3.05, 3.63) is 44.9 Å². The minimum absolute atomic E-state index is 0.0345. The number of amides is 2. The summed E-state index contributed by atoms with van der Waals surface area (Å²) in [6.07, 6.45) is 2.05. The van der Waals surface area contributed by atoms with Gasteiger partial charge in [0.2, 0.25) is 5.91 Å². The van der Waals surface area contributed by atoms with Gasteiger partial charge in [0.05, 0.1) is 18.7 Å². The highest BCUT2D eigenvalue weighted by atomic mass is 32.1. The number of aromatic amines is 1. The Morgan fingerprint density at radius 3 is 2.50 bits per heavy atom. The third kappa shape index (κ3) is 5.23. The first-order valence-corrected chi connectivity index (χ1v) is 12.0. The number of esters is 1. The fourth-order valence-corrected chi connectivity index (χ4v) is 5.35. The number of piperidine rings is 1. The molecule has 1 saturated heterocycles. The molecule has 32 heavy (non-hydrogen) atoms. The lowest BCUT2D eigenvalue weighted by Gasteiger charge is -2.32. The maximum atomic E-state index is 13.0. The van der Waals surface area contributed by atoms with E-state index >= 15 is 0 Å². The Balaban J connectivity index is 1.55. The lowest BCUT2D eigenvalue weighted by molar-refractivity contribution is -0.123. The number of ether oxygens (including phenoxy) is 1. The van der Waals surface area contributed by atoms with Crippen LogP contribution in [0.4, 0.5) is 0 Å². The number of likely N-dealkylation sites (tertiary alicyclic amines) is 1. The molecule has 1 fully saturated rings. The van der Waals surface area contributed by atoms with Crippen LogP contribution in [0.2, 0.25) is 0 Å². The summed E-state index contributed by atoms with van der Waals surface area (Å²) in [4.78, 5) is 43.8. The second-order valence-electron chi connectivity index (χ2n) is 8.86. The van der Waals surface area contributed by atoms with Crippen LogP contribution < -0.4 is 5.32 Å². The van der Waals surface area contributed by atoms with Crippen molar-refractivity contribution in [1.29, 1.82) is 0 Å². The first-order chi connectivity index (χ1) is 15.2. The van der Waals surface area contributed by atoms with Gasteiger partial charge in [-0.1, -0.05) is 19.9 Å². The second-order valence-corrected chi connectivity index (χ2v) is 9.84. The van der Waals surface area contributed by atoms with E-state index in [-0.39, 0.29) is 23.8 Å². The van der Waals surface area contributed by atoms with Crippen LogP contribution in [-0.4, -0.2) is 47.9 Å². The standard InChI is InChI=1S/C24H33N3O4S/c1-14(2)21(18-7-6-12-32-18)26-19(28)13-17-8-10-27(11-9-17)23(29)22-15(3)20(16(4)25-22)24(30)31-5/h6-7,12,14,17,21,25H,8-11,13H2,1-5H3,(H,26,28). The van der Waals surface area contributed by atoms with Gasteiger partial charge in [-0.2, -0.15) is 0 Å². The Morgan fingerprint density at radius 1 is 1.25 bits per heavy atom. The van der Waals surface area contributed by atoms with Crippen molar-refractivity contribution in [2.45, 2.75) is 53.0 Å². The molecule has 2 aromatic heterocycles. The van der Waals surface area contributed by atoms with E-state index in [1.807, 2.05) is 11.4 Å². The molecular formula is C24H33N3O4S. The fourth-order valence-electron chi connectivity index (χ4n) is 4.40. The van der Waals surface area contributed by atoms with Gasteiger partial charge in [0.15, 0.2) is 0 Å². The first kappa shape index (κ1) is 24.0. The second kappa shape index (κ2) is 10.3. The normalized spacial score (nSPS) is 15.6. The Bertz CT molecular complexity index is 956. The highest BCUT2D eigenvalue weighted by Gasteiger charge is 2.30. The number of rotatable bonds is 7. The predicted molar refractivity (Wildman–Crippen MR) is 125 cm³/mol. The Labute approximate surface area is 193 Å². The number of hydrogen-bond acceptors (Lipinski definition) is 5. The van der Waals surface area contributed by atoms with Crippen LogP contribution in [0.1, 0.15) is 76.1 Å². The minimum Gasteiger partial charge on any atom is -0.465 e. The number of carbonyl (C=O) groups is 3. The third-order valence-corrected chi connectivity index (χ3v) is 7.20. The van der Waals surface area contributed by atoms with E-state index in [0.717, 1.165) is 12.8 Å². The number of aryl methyl sites for hydroxylation is 1. The zero-order valence-corrected chi connectivity index (χ0v) is 20.3. The molecule has 0 spiro atoms. The summed E-state index contributed by atoms with van der Waals surface area (Å²) in [5.74, 6) is 0.0932. The minimum atomic E-state index is -0.442. The Morgan fingerprint density at radius 2 is 1.94 bits per heavy atom. The highest BCUT2D eigenvalue weighted by molar-refractivity contribution is 7.10. The number of nitrogens with one attached hydrogen (secondary N) is 2. The van der Waals surface area contributed by atoms with Crippen LogP contribution in [0.15, 0.2) is 17.5 Å². The van der Waals surface area contributed by atoms with Gasteiger partial charge in [-0.05, 0) is 55.5 Å².